The Balaban J connectivity index is 1.82. The van der Waals surface area contributed by atoms with E-state index in [1.54, 1.807) is 11.3 Å². The van der Waals surface area contributed by atoms with Crippen LogP contribution in [0.2, 0.25) is 0 Å². The first-order chi connectivity index (χ1) is 7.38. The molecule has 2 heterocycles. The number of halogens is 1. The van der Waals surface area contributed by atoms with E-state index in [1.807, 2.05) is 6.20 Å². The number of piperidine rings is 1. The third-order valence-corrected chi connectivity index (χ3v) is 3.95. The highest BCUT2D eigenvalue weighted by molar-refractivity contribution is 7.09. The molecule has 0 aromatic carbocycles. The van der Waals surface area contributed by atoms with Crippen LogP contribution in [0.4, 0.5) is 0 Å². The van der Waals surface area contributed by atoms with Crippen molar-refractivity contribution in [2.24, 2.45) is 5.92 Å². The second-order valence-corrected chi connectivity index (χ2v) is 5.50. The minimum Gasteiger partial charge on any atom is -0.296 e. The van der Waals surface area contributed by atoms with Gasteiger partial charge in [-0.25, -0.2) is 4.98 Å². The van der Waals surface area contributed by atoms with Gasteiger partial charge in [0.15, 0.2) is 0 Å². The van der Waals surface area contributed by atoms with Gasteiger partial charge in [0.2, 0.25) is 0 Å². The molecule has 0 saturated carbocycles. The van der Waals surface area contributed by atoms with Crippen molar-refractivity contribution in [3.05, 3.63) is 16.6 Å². The first-order valence-electron chi connectivity index (χ1n) is 5.55. The van der Waals surface area contributed by atoms with Crippen molar-refractivity contribution >= 4 is 22.9 Å². The Morgan fingerprint density at radius 2 is 2.53 bits per heavy atom. The fourth-order valence-corrected chi connectivity index (χ4v) is 3.17. The van der Waals surface area contributed by atoms with Gasteiger partial charge in [-0.2, -0.15) is 0 Å². The monoisotopic (exact) mass is 244 g/mol. The molecule has 4 heteroatoms. The molecule has 2 nitrogen and oxygen atoms in total. The predicted molar refractivity (Wildman–Crippen MR) is 65.5 cm³/mol. The topological polar surface area (TPSA) is 16.1 Å². The fourth-order valence-electron chi connectivity index (χ4n) is 2.21. The maximum absolute atomic E-state index is 5.80. The highest BCUT2D eigenvalue weighted by Gasteiger charge is 2.19. The summed E-state index contributed by atoms with van der Waals surface area (Å²) in [5.74, 6) is 1.60. The van der Waals surface area contributed by atoms with E-state index in [0.717, 1.165) is 24.8 Å². The molecule has 0 amide bonds. The Morgan fingerprint density at radius 1 is 1.60 bits per heavy atom. The first-order valence-corrected chi connectivity index (χ1v) is 6.96. The van der Waals surface area contributed by atoms with Crippen molar-refractivity contribution < 1.29 is 0 Å². The summed E-state index contributed by atoms with van der Waals surface area (Å²) in [4.78, 5) is 6.85. The van der Waals surface area contributed by atoms with E-state index in [4.69, 9.17) is 11.6 Å². The van der Waals surface area contributed by atoms with Crippen molar-refractivity contribution in [3.8, 4) is 0 Å². The summed E-state index contributed by atoms with van der Waals surface area (Å²) in [6, 6.07) is 0. The third-order valence-electron chi connectivity index (χ3n) is 2.96. The number of aromatic nitrogens is 1. The van der Waals surface area contributed by atoms with E-state index >= 15 is 0 Å². The zero-order valence-electron chi connectivity index (χ0n) is 8.86. The molecule has 1 aliphatic heterocycles. The van der Waals surface area contributed by atoms with Gasteiger partial charge >= 0.3 is 0 Å². The van der Waals surface area contributed by atoms with Crippen LogP contribution >= 0.6 is 22.9 Å². The van der Waals surface area contributed by atoms with Gasteiger partial charge in [0.1, 0.15) is 5.01 Å². The molecule has 1 aliphatic rings. The molecule has 84 valence electrons. The molecule has 0 aliphatic carbocycles. The van der Waals surface area contributed by atoms with Gasteiger partial charge < -0.3 is 0 Å². The van der Waals surface area contributed by atoms with Crippen molar-refractivity contribution in [3.63, 3.8) is 0 Å². The molecule has 1 atom stereocenters. The molecule has 1 aromatic rings. The van der Waals surface area contributed by atoms with E-state index in [-0.39, 0.29) is 0 Å². The molecular weight excluding hydrogens is 228 g/mol. The Labute approximate surface area is 100 Å². The maximum atomic E-state index is 5.80. The maximum Gasteiger partial charge on any atom is 0.107 e. The summed E-state index contributed by atoms with van der Waals surface area (Å²) in [5.41, 5.74) is 0. The van der Waals surface area contributed by atoms with Crippen LogP contribution in [0.25, 0.3) is 0 Å². The molecule has 2 rings (SSSR count). The number of rotatable bonds is 4. The zero-order chi connectivity index (χ0) is 10.5. The highest BCUT2D eigenvalue weighted by Crippen LogP contribution is 2.21. The molecule has 0 spiro atoms. The van der Waals surface area contributed by atoms with Crippen LogP contribution in [-0.2, 0) is 6.54 Å². The van der Waals surface area contributed by atoms with Crippen molar-refractivity contribution in [2.45, 2.75) is 25.8 Å². The summed E-state index contributed by atoms with van der Waals surface area (Å²) in [6.07, 6.45) is 5.71. The molecule has 0 N–H and O–H groups in total. The molecular formula is C11H17ClN2S. The number of hydrogen-bond acceptors (Lipinski definition) is 3. The lowest BCUT2D eigenvalue weighted by Gasteiger charge is -2.31. The first kappa shape index (κ1) is 11.4. The van der Waals surface area contributed by atoms with Crippen LogP contribution in [0.15, 0.2) is 11.6 Å². The average Bonchev–Trinajstić information content (AvgIpc) is 2.71. The average molecular weight is 245 g/mol. The smallest absolute Gasteiger partial charge is 0.107 e. The lowest BCUT2D eigenvalue weighted by atomic mass is 9.96. The van der Waals surface area contributed by atoms with Crippen LogP contribution in [-0.4, -0.2) is 28.9 Å². The Hall–Kier alpha value is -0.120. The van der Waals surface area contributed by atoms with E-state index in [2.05, 4.69) is 15.3 Å². The molecule has 15 heavy (non-hydrogen) atoms. The number of likely N-dealkylation sites (tertiary alicyclic amines) is 1. The zero-order valence-corrected chi connectivity index (χ0v) is 10.4. The van der Waals surface area contributed by atoms with Crippen LogP contribution in [0.5, 0.6) is 0 Å². The van der Waals surface area contributed by atoms with Gasteiger partial charge in [-0.1, -0.05) is 0 Å². The number of nitrogens with zero attached hydrogens (tertiary/aromatic N) is 2. The van der Waals surface area contributed by atoms with Crippen LogP contribution in [0, 0.1) is 5.92 Å². The van der Waals surface area contributed by atoms with E-state index in [1.165, 1.54) is 30.9 Å². The second-order valence-electron chi connectivity index (χ2n) is 4.15. The van der Waals surface area contributed by atoms with Crippen molar-refractivity contribution in [2.75, 3.05) is 19.0 Å². The van der Waals surface area contributed by atoms with Gasteiger partial charge in [-0.15, -0.1) is 22.9 Å². The van der Waals surface area contributed by atoms with Crippen LogP contribution in [0.3, 0.4) is 0 Å². The van der Waals surface area contributed by atoms with Gasteiger partial charge in [0, 0.05) is 24.0 Å². The van der Waals surface area contributed by atoms with E-state index in [9.17, 15) is 0 Å². The molecule has 1 saturated heterocycles. The van der Waals surface area contributed by atoms with E-state index in [0.29, 0.717) is 0 Å². The minimum atomic E-state index is 0.801. The molecule has 1 fully saturated rings. The predicted octanol–water partition coefficient (Wildman–Crippen LogP) is 2.98. The standard InChI is InChI=1S/C11H17ClN2S/c12-4-3-10-2-1-6-14(8-10)9-11-13-5-7-15-11/h5,7,10H,1-4,6,8-9H2. The van der Waals surface area contributed by atoms with Gasteiger partial charge in [-0.3, -0.25) is 4.90 Å². The fraction of sp³-hybridized carbons (Fsp3) is 0.727. The summed E-state index contributed by atoms with van der Waals surface area (Å²) < 4.78 is 0. The molecule has 0 bridgehead atoms. The van der Waals surface area contributed by atoms with Crippen molar-refractivity contribution in [1.29, 1.82) is 0 Å². The Morgan fingerprint density at radius 3 is 3.27 bits per heavy atom. The molecule has 1 aromatic heterocycles. The normalized spacial score (nSPS) is 23.1. The third kappa shape index (κ3) is 3.44. The minimum absolute atomic E-state index is 0.801. The summed E-state index contributed by atoms with van der Waals surface area (Å²) >= 11 is 7.55. The Bertz CT molecular complexity index is 274. The van der Waals surface area contributed by atoms with Gasteiger partial charge in [0.25, 0.3) is 0 Å². The summed E-state index contributed by atoms with van der Waals surface area (Å²) in [5, 5.41) is 3.29. The molecule has 1 unspecified atom stereocenters. The van der Waals surface area contributed by atoms with Gasteiger partial charge in [0.05, 0.1) is 6.54 Å². The number of hydrogen-bond donors (Lipinski definition) is 0. The number of thiazole rings is 1. The quantitative estimate of drug-likeness (QED) is 0.757. The lowest BCUT2D eigenvalue weighted by molar-refractivity contribution is 0.165. The highest BCUT2D eigenvalue weighted by atomic mass is 35.5. The second kappa shape index (κ2) is 5.83. The number of alkyl halides is 1. The SMILES string of the molecule is ClCCC1CCCN(Cc2nccs2)C1. The van der Waals surface area contributed by atoms with Gasteiger partial charge in [-0.05, 0) is 31.7 Å². The van der Waals surface area contributed by atoms with Crippen LogP contribution < -0.4 is 0 Å². The summed E-state index contributed by atoms with van der Waals surface area (Å²) in [6.45, 7) is 3.45. The van der Waals surface area contributed by atoms with E-state index < -0.39 is 0 Å². The Kier molecular flexibility index (Phi) is 4.42. The lowest BCUT2D eigenvalue weighted by Crippen LogP contribution is -2.35. The largest absolute Gasteiger partial charge is 0.296 e. The summed E-state index contributed by atoms with van der Waals surface area (Å²) in [7, 11) is 0. The molecule has 0 radical (unpaired) electrons. The van der Waals surface area contributed by atoms with Crippen LogP contribution in [0.1, 0.15) is 24.3 Å². The van der Waals surface area contributed by atoms with Crippen molar-refractivity contribution in [1.82, 2.24) is 9.88 Å².